The van der Waals surface area contributed by atoms with Crippen molar-refractivity contribution < 1.29 is 14.3 Å². The zero-order chi connectivity index (χ0) is 18.5. The van der Waals surface area contributed by atoms with Crippen LogP contribution in [0.15, 0.2) is 53.9 Å². The summed E-state index contributed by atoms with van der Waals surface area (Å²) in [7, 11) is 0. The maximum Gasteiger partial charge on any atom is 0.259 e. The number of aryl methyl sites for hydroxylation is 1. The molecule has 0 aliphatic rings. The molecule has 26 heavy (non-hydrogen) atoms. The molecule has 132 valence electrons. The van der Waals surface area contributed by atoms with Crippen LogP contribution in [-0.2, 0) is 6.61 Å². The third-order valence-electron chi connectivity index (χ3n) is 3.60. The molecule has 0 fully saturated rings. The molecular weight excluding hydrogens is 350 g/mol. The van der Waals surface area contributed by atoms with Crippen molar-refractivity contribution in [3.63, 3.8) is 0 Å². The number of para-hydroxylation sites is 1. The first-order valence-electron chi connectivity index (χ1n) is 7.87. The van der Waals surface area contributed by atoms with E-state index in [0.717, 1.165) is 10.7 Å². The number of aromatic nitrogens is 1. The van der Waals surface area contributed by atoms with E-state index in [1.165, 1.54) is 0 Å². The van der Waals surface area contributed by atoms with Crippen LogP contribution in [0.4, 0.5) is 5.69 Å². The summed E-state index contributed by atoms with van der Waals surface area (Å²) < 4.78 is 5.77. The SMILES string of the molecule is Cc1nc(COc2ccccc2C(=O)Nc2ccc(C(N)=O)cc2)cs1. The van der Waals surface area contributed by atoms with Crippen LogP contribution in [0.25, 0.3) is 0 Å². The van der Waals surface area contributed by atoms with Crippen LogP contribution < -0.4 is 15.8 Å². The molecule has 0 aliphatic heterocycles. The van der Waals surface area contributed by atoms with Crippen molar-refractivity contribution in [3.05, 3.63) is 75.7 Å². The van der Waals surface area contributed by atoms with Crippen molar-refractivity contribution in [2.24, 2.45) is 5.73 Å². The molecule has 0 saturated carbocycles. The van der Waals surface area contributed by atoms with Gasteiger partial charge in [0.15, 0.2) is 0 Å². The number of nitrogens with two attached hydrogens (primary N) is 1. The second kappa shape index (κ2) is 7.79. The van der Waals surface area contributed by atoms with E-state index < -0.39 is 5.91 Å². The number of rotatable bonds is 6. The predicted molar refractivity (Wildman–Crippen MR) is 101 cm³/mol. The highest BCUT2D eigenvalue weighted by molar-refractivity contribution is 7.09. The minimum absolute atomic E-state index is 0.294. The number of thiazole rings is 1. The maximum atomic E-state index is 12.6. The van der Waals surface area contributed by atoms with Crippen LogP contribution in [-0.4, -0.2) is 16.8 Å². The van der Waals surface area contributed by atoms with Crippen molar-refractivity contribution in [1.29, 1.82) is 0 Å². The van der Waals surface area contributed by atoms with Crippen molar-refractivity contribution in [3.8, 4) is 5.75 Å². The standard InChI is InChI=1S/C19H17N3O3S/c1-12-21-15(11-26-12)10-25-17-5-3-2-4-16(17)19(24)22-14-8-6-13(7-9-14)18(20)23/h2-9,11H,10H2,1H3,(H2,20,23)(H,22,24). The second-order valence-electron chi connectivity index (χ2n) is 5.54. The van der Waals surface area contributed by atoms with Crippen LogP contribution >= 0.6 is 11.3 Å². The Labute approximate surface area is 154 Å². The molecule has 3 aromatic rings. The zero-order valence-electron chi connectivity index (χ0n) is 14.1. The molecule has 2 aromatic carbocycles. The molecule has 0 atom stereocenters. The Morgan fingerprint density at radius 1 is 1.15 bits per heavy atom. The van der Waals surface area contributed by atoms with Gasteiger partial charge < -0.3 is 15.8 Å². The number of ether oxygens (including phenoxy) is 1. The van der Waals surface area contributed by atoms with Crippen molar-refractivity contribution in [1.82, 2.24) is 4.98 Å². The lowest BCUT2D eigenvalue weighted by Crippen LogP contribution is -2.14. The van der Waals surface area contributed by atoms with Gasteiger partial charge in [-0.3, -0.25) is 9.59 Å². The third kappa shape index (κ3) is 4.25. The Morgan fingerprint density at radius 3 is 2.54 bits per heavy atom. The van der Waals surface area contributed by atoms with Crippen LogP contribution in [0, 0.1) is 6.92 Å². The molecule has 0 radical (unpaired) electrons. The Hall–Kier alpha value is -3.19. The van der Waals surface area contributed by atoms with Crippen molar-refractivity contribution in [2.75, 3.05) is 5.32 Å². The fraction of sp³-hybridized carbons (Fsp3) is 0.105. The van der Waals surface area contributed by atoms with E-state index in [-0.39, 0.29) is 5.91 Å². The van der Waals surface area contributed by atoms with E-state index in [1.54, 1.807) is 59.9 Å². The van der Waals surface area contributed by atoms with Gasteiger partial charge in [-0.25, -0.2) is 4.98 Å². The Kier molecular flexibility index (Phi) is 5.28. The molecule has 0 spiro atoms. The largest absolute Gasteiger partial charge is 0.486 e. The Morgan fingerprint density at radius 2 is 1.88 bits per heavy atom. The van der Waals surface area contributed by atoms with Gasteiger partial charge in [-0.15, -0.1) is 11.3 Å². The molecule has 0 bridgehead atoms. The van der Waals surface area contributed by atoms with Crippen LogP contribution in [0.5, 0.6) is 5.75 Å². The number of benzene rings is 2. The first-order chi connectivity index (χ1) is 12.5. The van der Waals surface area contributed by atoms with Crippen molar-refractivity contribution in [2.45, 2.75) is 13.5 Å². The third-order valence-corrected chi connectivity index (χ3v) is 4.42. The number of carbonyl (C=O) groups excluding carboxylic acids is 2. The highest BCUT2D eigenvalue weighted by Crippen LogP contribution is 2.21. The maximum absolute atomic E-state index is 12.6. The van der Waals surface area contributed by atoms with E-state index in [0.29, 0.717) is 29.2 Å². The summed E-state index contributed by atoms with van der Waals surface area (Å²) >= 11 is 1.55. The molecular formula is C19H17N3O3S. The molecule has 3 rings (SSSR count). The number of carbonyl (C=O) groups is 2. The second-order valence-corrected chi connectivity index (χ2v) is 6.60. The zero-order valence-corrected chi connectivity index (χ0v) is 14.9. The van der Waals surface area contributed by atoms with Crippen LogP contribution in [0.2, 0.25) is 0 Å². The van der Waals surface area contributed by atoms with Gasteiger partial charge in [-0.1, -0.05) is 12.1 Å². The topological polar surface area (TPSA) is 94.3 Å². The van der Waals surface area contributed by atoms with Gasteiger partial charge in [0.1, 0.15) is 12.4 Å². The summed E-state index contributed by atoms with van der Waals surface area (Å²) in [5.74, 6) is -0.342. The Balaban J connectivity index is 1.71. The smallest absolute Gasteiger partial charge is 0.259 e. The molecule has 0 saturated heterocycles. The summed E-state index contributed by atoms with van der Waals surface area (Å²) in [6, 6.07) is 13.4. The summed E-state index contributed by atoms with van der Waals surface area (Å²) in [6.07, 6.45) is 0. The number of hydrogen-bond donors (Lipinski definition) is 2. The number of amides is 2. The monoisotopic (exact) mass is 367 g/mol. The normalized spacial score (nSPS) is 10.3. The van der Waals surface area contributed by atoms with Crippen LogP contribution in [0.3, 0.4) is 0 Å². The van der Waals surface area contributed by atoms with Crippen molar-refractivity contribution >= 4 is 28.8 Å². The summed E-state index contributed by atoms with van der Waals surface area (Å²) in [6.45, 7) is 2.22. The average Bonchev–Trinajstić information content (AvgIpc) is 3.06. The van der Waals surface area contributed by atoms with Gasteiger partial charge in [0.25, 0.3) is 5.91 Å². The van der Waals surface area contributed by atoms with Gasteiger partial charge in [-0.2, -0.15) is 0 Å². The van der Waals surface area contributed by atoms with E-state index in [2.05, 4.69) is 10.3 Å². The van der Waals surface area contributed by atoms with Crippen LogP contribution in [0.1, 0.15) is 31.4 Å². The van der Waals surface area contributed by atoms with E-state index in [9.17, 15) is 9.59 Å². The molecule has 1 heterocycles. The number of primary amides is 1. The summed E-state index contributed by atoms with van der Waals surface area (Å²) in [5.41, 5.74) is 7.39. The minimum atomic E-state index is -0.515. The van der Waals surface area contributed by atoms with Gasteiger partial charge in [0.2, 0.25) is 5.91 Å². The number of nitrogens with zero attached hydrogens (tertiary/aromatic N) is 1. The summed E-state index contributed by atoms with van der Waals surface area (Å²) in [4.78, 5) is 28.0. The quantitative estimate of drug-likeness (QED) is 0.698. The van der Waals surface area contributed by atoms with E-state index in [4.69, 9.17) is 10.5 Å². The molecule has 2 amide bonds. The molecule has 1 aromatic heterocycles. The fourth-order valence-electron chi connectivity index (χ4n) is 2.32. The fourth-order valence-corrected chi connectivity index (χ4v) is 2.92. The molecule has 0 unspecified atom stereocenters. The summed E-state index contributed by atoms with van der Waals surface area (Å²) in [5, 5.41) is 5.68. The highest BCUT2D eigenvalue weighted by Gasteiger charge is 2.13. The molecule has 3 N–H and O–H groups in total. The Bertz CT molecular complexity index is 935. The average molecular weight is 367 g/mol. The van der Waals surface area contributed by atoms with Gasteiger partial charge >= 0.3 is 0 Å². The lowest BCUT2D eigenvalue weighted by Gasteiger charge is -2.11. The van der Waals surface area contributed by atoms with E-state index >= 15 is 0 Å². The lowest BCUT2D eigenvalue weighted by atomic mass is 10.1. The predicted octanol–water partition coefficient (Wildman–Crippen LogP) is 3.38. The lowest BCUT2D eigenvalue weighted by molar-refractivity contribution is 0.0997. The molecule has 0 aliphatic carbocycles. The number of nitrogens with one attached hydrogen (secondary N) is 1. The first-order valence-corrected chi connectivity index (χ1v) is 8.75. The molecule has 6 nitrogen and oxygen atoms in total. The van der Waals surface area contributed by atoms with E-state index in [1.807, 2.05) is 12.3 Å². The van der Waals surface area contributed by atoms with Gasteiger partial charge in [-0.05, 0) is 43.3 Å². The number of hydrogen-bond acceptors (Lipinski definition) is 5. The molecule has 7 heteroatoms. The highest BCUT2D eigenvalue weighted by atomic mass is 32.1. The number of anilines is 1. The minimum Gasteiger partial charge on any atom is -0.486 e. The van der Waals surface area contributed by atoms with Gasteiger partial charge in [0.05, 0.1) is 16.3 Å². The van der Waals surface area contributed by atoms with Gasteiger partial charge in [0, 0.05) is 16.6 Å². The first kappa shape index (κ1) is 17.6.